The first-order chi connectivity index (χ1) is 13.1. The van der Waals surface area contributed by atoms with Crippen molar-refractivity contribution in [1.29, 1.82) is 0 Å². The number of aliphatic hydroxyl groups excluding tert-OH is 1. The topological polar surface area (TPSA) is 76.0 Å². The lowest BCUT2D eigenvalue weighted by Gasteiger charge is -2.62. The lowest BCUT2D eigenvalue weighted by atomic mass is 9.44. The quantitative estimate of drug-likeness (QED) is 0.718. The number of methoxy groups -OCH3 is 2. The summed E-state index contributed by atoms with van der Waals surface area (Å²) in [6.45, 7) is 6.08. The van der Waals surface area contributed by atoms with E-state index < -0.39 is 22.9 Å². The van der Waals surface area contributed by atoms with Crippen LogP contribution in [-0.4, -0.2) is 47.7 Å². The van der Waals surface area contributed by atoms with E-state index in [1.165, 1.54) is 0 Å². The predicted octanol–water partition coefficient (Wildman–Crippen LogP) is 3.31. The van der Waals surface area contributed by atoms with Crippen LogP contribution in [0.4, 0.5) is 0 Å². The van der Waals surface area contributed by atoms with Gasteiger partial charge in [-0.15, -0.1) is 0 Å². The van der Waals surface area contributed by atoms with Gasteiger partial charge in [-0.3, -0.25) is 4.79 Å². The molecule has 0 heterocycles. The molecule has 0 aliphatic heterocycles. The summed E-state index contributed by atoms with van der Waals surface area (Å²) in [5.74, 6) is 1.17. The molecule has 160 valence electrons. The van der Waals surface area contributed by atoms with Gasteiger partial charge in [0.15, 0.2) is 17.2 Å². The smallest absolute Gasteiger partial charge is 0.167 e. The van der Waals surface area contributed by atoms with Crippen LogP contribution in [0.3, 0.4) is 0 Å². The molecule has 28 heavy (non-hydrogen) atoms. The third-order valence-corrected chi connectivity index (χ3v) is 10.1. The number of ketones is 1. The second kappa shape index (κ2) is 6.50. The van der Waals surface area contributed by atoms with Crippen molar-refractivity contribution < 1.29 is 24.5 Å². The van der Waals surface area contributed by atoms with Gasteiger partial charge in [-0.2, -0.15) is 0 Å². The molecule has 2 N–H and O–H groups in total. The summed E-state index contributed by atoms with van der Waals surface area (Å²) in [6.07, 6.45) is 6.40. The normalized spacial score (nSPS) is 51.2. The molecule has 0 saturated heterocycles. The van der Waals surface area contributed by atoms with Crippen LogP contribution in [0.25, 0.3) is 0 Å². The Hall–Kier alpha value is -0.490. The summed E-state index contributed by atoms with van der Waals surface area (Å²) in [4.78, 5) is 12.9. The lowest BCUT2D eigenvalue weighted by molar-refractivity contribution is -0.263. The highest BCUT2D eigenvalue weighted by Crippen LogP contribution is 2.68. The Bertz CT molecular complexity index is 643. The molecule has 0 spiro atoms. The number of ether oxygens (including phenoxy) is 2. The monoisotopic (exact) mass is 394 g/mol. The van der Waals surface area contributed by atoms with Gasteiger partial charge in [-0.25, -0.2) is 0 Å². The second-order valence-electron chi connectivity index (χ2n) is 10.7. The first-order valence-electron chi connectivity index (χ1n) is 11.1. The van der Waals surface area contributed by atoms with E-state index in [4.69, 9.17) is 9.47 Å². The van der Waals surface area contributed by atoms with Crippen LogP contribution in [0.5, 0.6) is 0 Å². The van der Waals surface area contributed by atoms with E-state index in [-0.39, 0.29) is 17.1 Å². The Morgan fingerprint density at radius 3 is 2.32 bits per heavy atom. The number of aliphatic hydroxyl groups is 2. The number of hydrogen-bond acceptors (Lipinski definition) is 5. The molecule has 0 radical (unpaired) electrons. The molecule has 4 fully saturated rings. The van der Waals surface area contributed by atoms with E-state index >= 15 is 0 Å². The van der Waals surface area contributed by atoms with Crippen LogP contribution < -0.4 is 0 Å². The van der Waals surface area contributed by atoms with E-state index in [9.17, 15) is 15.0 Å². The average molecular weight is 395 g/mol. The van der Waals surface area contributed by atoms with Gasteiger partial charge in [0.2, 0.25) is 0 Å². The van der Waals surface area contributed by atoms with E-state index in [2.05, 4.69) is 13.8 Å². The minimum absolute atomic E-state index is 0.149. The Kier molecular flexibility index (Phi) is 4.82. The number of rotatable bonds is 3. The predicted molar refractivity (Wildman–Crippen MR) is 105 cm³/mol. The number of fused-ring (bicyclic) bond motifs is 5. The Balaban J connectivity index is 1.63. The summed E-state index contributed by atoms with van der Waals surface area (Å²) in [5.41, 5.74) is -1.87. The molecule has 0 aromatic heterocycles. The molecule has 8 atom stereocenters. The molecular formula is C23H38O5. The number of Topliss-reactive ketones (excluding diaryl/α,β-unsaturated/α-hetero) is 1. The summed E-state index contributed by atoms with van der Waals surface area (Å²) in [6, 6.07) is 0. The van der Waals surface area contributed by atoms with Crippen molar-refractivity contribution in [3.63, 3.8) is 0 Å². The average Bonchev–Trinajstić information content (AvgIpc) is 2.89. The van der Waals surface area contributed by atoms with Gasteiger partial charge in [0, 0.05) is 38.9 Å². The third kappa shape index (κ3) is 2.42. The van der Waals surface area contributed by atoms with Gasteiger partial charge in [-0.05, 0) is 68.1 Å². The van der Waals surface area contributed by atoms with Crippen LogP contribution in [0, 0.1) is 34.5 Å². The van der Waals surface area contributed by atoms with Gasteiger partial charge >= 0.3 is 0 Å². The summed E-state index contributed by atoms with van der Waals surface area (Å²) in [5, 5.41) is 21.6. The van der Waals surface area contributed by atoms with Crippen molar-refractivity contribution in [2.45, 2.75) is 89.6 Å². The fraction of sp³-hybridized carbons (Fsp3) is 0.957. The van der Waals surface area contributed by atoms with Gasteiger partial charge in [0.05, 0.1) is 6.10 Å². The van der Waals surface area contributed by atoms with Crippen LogP contribution in [0.15, 0.2) is 0 Å². The van der Waals surface area contributed by atoms with Crippen molar-refractivity contribution in [3.8, 4) is 0 Å². The minimum atomic E-state index is -1.59. The Morgan fingerprint density at radius 2 is 1.71 bits per heavy atom. The molecule has 4 rings (SSSR count). The standard InChI is InChI=1S/C23H38O5/c1-14(24)23(26)19(25)12-18-16-7-6-15-13-22(27-4,28-5)11-10-20(15,2)17(16)8-9-21(18,23)3/h14-18,24,26H,6-13H2,1-5H3. The third-order valence-electron chi connectivity index (χ3n) is 10.1. The molecule has 4 aliphatic carbocycles. The molecular weight excluding hydrogens is 356 g/mol. The second-order valence-corrected chi connectivity index (χ2v) is 10.7. The van der Waals surface area contributed by atoms with Crippen molar-refractivity contribution in [1.82, 2.24) is 0 Å². The molecule has 5 heteroatoms. The number of carbonyl (C=O) groups is 1. The fourth-order valence-corrected chi connectivity index (χ4v) is 8.20. The summed E-state index contributed by atoms with van der Waals surface area (Å²) in [7, 11) is 3.51. The maximum Gasteiger partial charge on any atom is 0.167 e. The first-order valence-corrected chi connectivity index (χ1v) is 11.1. The molecule has 8 unspecified atom stereocenters. The summed E-state index contributed by atoms with van der Waals surface area (Å²) >= 11 is 0. The number of carbonyl (C=O) groups excluding carboxylic acids is 1. The maximum atomic E-state index is 12.9. The van der Waals surface area contributed by atoms with Crippen molar-refractivity contribution >= 4 is 5.78 Å². The zero-order chi connectivity index (χ0) is 20.5. The van der Waals surface area contributed by atoms with Crippen molar-refractivity contribution in [2.75, 3.05) is 14.2 Å². The lowest BCUT2D eigenvalue weighted by Crippen LogP contribution is -2.61. The van der Waals surface area contributed by atoms with Gasteiger partial charge in [0.25, 0.3) is 0 Å². The van der Waals surface area contributed by atoms with Gasteiger partial charge < -0.3 is 19.7 Å². The van der Waals surface area contributed by atoms with Crippen LogP contribution >= 0.6 is 0 Å². The Labute approximate surface area is 169 Å². The van der Waals surface area contributed by atoms with E-state index in [0.29, 0.717) is 24.2 Å². The van der Waals surface area contributed by atoms with Crippen LogP contribution in [0.2, 0.25) is 0 Å². The molecule has 0 aromatic carbocycles. The van der Waals surface area contributed by atoms with E-state index in [0.717, 1.165) is 44.9 Å². The van der Waals surface area contributed by atoms with E-state index in [1.807, 2.05) is 0 Å². The van der Waals surface area contributed by atoms with E-state index in [1.54, 1.807) is 21.1 Å². The SMILES string of the molecule is COC1(OC)CCC2(C)C(CCC3C2CCC2(C)C3CC(=O)C2(O)C(C)O)C1. The highest BCUT2D eigenvalue weighted by atomic mass is 16.7. The zero-order valence-corrected chi connectivity index (χ0v) is 18.2. The molecule has 0 bridgehead atoms. The Morgan fingerprint density at radius 1 is 1.04 bits per heavy atom. The number of hydrogen-bond donors (Lipinski definition) is 2. The molecule has 0 aromatic rings. The zero-order valence-electron chi connectivity index (χ0n) is 18.2. The molecule has 5 nitrogen and oxygen atoms in total. The van der Waals surface area contributed by atoms with Gasteiger partial charge in [-0.1, -0.05) is 13.8 Å². The van der Waals surface area contributed by atoms with Crippen molar-refractivity contribution in [2.24, 2.45) is 34.5 Å². The highest BCUT2D eigenvalue weighted by Gasteiger charge is 2.69. The van der Waals surface area contributed by atoms with Crippen molar-refractivity contribution in [3.05, 3.63) is 0 Å². The molecule has 4 saturated carbocycles. The largest absolute Gasteiger partial charge is 0.390 e. The maximum absolute atomic E-state index is 12.9. The van der Waals surface area contributed by atoms with Crippen LogP contribution in [0.1, 0.15) is 72.1 Å². The van der Waals surface area contributed by atoms with Gasteiger partial charge in [0.1, 0.15) is 0 Å². The molecule has 0 amide bonds. The first kappa shape index (κ1) is 20.8. The minimum Gasteiger partial charge on any atom is -0.390 e. The summed E-state index contributed by atoms with van der Waals surface area (Å²) < 4.78 is 11.6. The highest BCUT2D eigenvalue weighted by molar-refractivity contribution is 5.91. The molecule has 4 aliphatic rings. The fourth-order valence-electron chi connectivity index (χ4n) is 8.20. The van der Waals surface area contributed by atoms with Crippen LogP contribution in [-0.2, 0) is 14.3 Å².